The fourth-order valence-electron chi connectivity index (χ4n) is 2.24. The lowest BCUT2D eigenvalue weighted by atomic mass is 10.1. The molecule has 2 aromatic carbocycles. The van der Waals surface area contributed by atoms with Gasteiger partial charge < -0.3 is 4.74 Å². The number of nitro groups is 1. The number of benzene rings is 2. The van der Waals surface area contributed by atoms with Crippen molar-refractivity contribution in [1.29, 1.82) is 0 Å². The summed E-state index contributed by atoms with van der Waals surface area (Å²) < 4.78 is 5.24. The number of para-hydroxylation sites is 1. The van der Waals surface area contributed by atoms with Crippen LogP contribution in [0.15, 0.2) is 66.0 Å². The van der Waals surface area contributed by atoms with Gasteiger partial charge in [-0.15, -0.1) is 0 Å². The fourth-order valence-corrected chi connectivity index (χ4v) is 2.24. The predicted molar refractivity (Wildman–Crippen MR) is 98.3 cm³/mol. The second-order valence-corrected chi connectivity index (χ2v) is 5.21. The first kappa shape index (κ1) is 17.0. The van der Waals surface area contributed by atoms with Crippen molar-refractivity contribution in [2.75, 3.05) is 12.5 Å². The largest absolute Gasteiger partial charge is 0.496 e. The van der Waals surface area contributed by atoms with E-state index in [9.17, 15) is 10.1 Å². The van der Waals surface area contributed by atoms with Crippen molar-refractivity contribution in [1.82, 2.24) is 9.97 Å². The maximum absolute atomic E-state index is 10.7. The van der Waals surface area contributed by atoms with Crippen molar-refractivity contribution < 1.29 is 9.66 Å². The molecule has 0 aliphatic heterocycles. The number of anilines is 1. The molecule has 130 valence electrons. The quantitative estimate of drug-likeness (QED) is 0.415. The lowest BCUT2D eigenvalue weighted by molar-refractivity contribution is -0.384. The van der Waals surface area contributed by atoms with E-state index >= 15 is 0 Å². The van der Waals surface area contributed by atoms with E-state index in [4.69, 9.17) is 4.74 Å². The molecule has 0 spiro atoms. The summed E-state index contributed by atoms with van der Waals surface area (Å²) >= 11 is 0. The van der Waals surface area contributed by atoms with E-state index in [1.807, 2.05) is 24.3 Å². The zero-order valence-corrected chi connectivity index (χ0v) is 13.9. The van der Waals surface area contributed by atoms with Gasteiger partial charge in [-0.25, -0.2) is 15.4 Å². The van der Waals surface area contributed by atoms with Crippen molar-refractivity contribution >= 4 is 17.9 Å². The number of non-ortho nitro benzene ring substituents is 1. The second kappa shape index (κ2) is 7.84. The molecule has 0 fully saturated rings. The molecule has 0 amide bonds. The Balaban J connectivity index is 1.68. The van der Waals surface area contributed by atoms with Gasteiger partial charge in [0.1, 0.15) is 5.75 Å². The molecule has 0 bridgehead atoms. The summed E-state index contributed by atoms with van der Waals surface area (Å²) in [5.41, 5.74) is 5.15. The van der Waals surface area contributed by atoms with Crippen molar-refractivity contribution in [2.24, 2.45) is 5.10 Å². The maximum atomic E-state index is 10.7. The lowest BCUT2D eigenvalue weighted by Crippen LogP contribution is -1.97. The summed E-state index contributed by atoms with van der Waals surface area (Å²) in [6.07, 6.45) is 4.86. The predicted octanol–water partition coefficient (Wildman–Crippen LogP) is 3.51. The summed E-state index contributed by atoms with van der Waals surface area (Å²) in [5, 5.41) is 14.8. The summed E-state index contributed by atoms with van der Waals surface area (Å²) in [4.78, 5) is 18.6. The highest BCUT2D eigenvalue weighted by Crippen LogP contribution is 2.21. The fraction of sp³-hybridized carbons (Fsp3) is 0.0556. The number of rotatable bonds is 6. The SMILES string of the molecule is COc1ccccc1C=NNc1ncc(-c2ccc([N+](=O)[O-])cc2)cn1. The van der Waals surface area contributed by atoms with Gasteiger partial charge in [-0.1, -0.05) is 12.1 Å². The molecule has 8 heteroatoms. The highest BCUT2D eigenvalue weighted by atomic mass is 16.6. The first-order valence-electron chi connectivity index (χ1n) is 7.66. The molecule has 0 atom stereocenters. The molecule has 1 N–H and O–H groups in total. The summed E-state index contributed by atoms with van der Waals surface area (Å²) in [5.74, 6) is 1.05. The molecule has 1 aromatic heterocycles. The molecule has 1 heterocycles. The van der Waals surface area contributed by atoms with Gasteiger partial charge in [0.2, 0.25) is 5.95 Å². The molecule has 0 aliphatic carbocycles. The molecule has 3 aromatic rings. The minimum absolute atomic E-state index is 0.0404. The summed E-state index contributed by atoms with van der Waals surface area (Å²) in [6, 6.07) is 13.7. The third kappa shape index (κ3) is 3.99. The zero-order valence-electron chi connectivity index (χ0n) is 13.9. The molecule has 0 aliphatic rings. The van der Waals surface area contributed by atoms with Crippen molar-refractivity contribution in [2.45, 2.75) is 0 Å². The third-order valence-electron chi connectivity index (χ3n) is 3.57. The van der Waals surface area contributed by atoms with E-state index in [0.29, 0.717) is 11.7 Å². The standard InChI is InChI=1S/C18H15N5O3/c1-26-17-5-3-2-4-14(17)12-21-22-18-19-10-15(11-20-18)13-6-8-16(9-7-13)23(24)25/h2-12H,1H3,(H,19,20,22). The minimum atomic E-state index is -0.437. The first-order valence-corrected chi connectivity index (χ1v) is 7.66. The Hall–Kier alpha value is -3.81. The molecular formula is C18H15N5O3. The molecule has 26 heavy (non-hydrogen) atoms. The number of ether oxygens (including phenoxy) is 1. The van der Waals surface area contributed by atoms with Crippen molar-refractivity contribution in [3.63, 3.8) is 0 Å². The normalized spacial score (nSPS) is 10.7. The highest BCUT2D eigenvalue weighted by molar-refractivity contribution is 5.83. The summed E-state index contributed by atoms with van der Waals surface area (Å²) in [7, 11) is 1.60. The van der Waals surface area contributed by atoms with Gasteiger partial charge in [0.05, 0.1) is 18.2 Å². The number of nitrogens with one attached hydrogen (secondary N) is 1. The van der Waals surface area contributed by atoms with Crippen LogP contribution in [0, 0.1) is 10.1 Å². The average Bonchev–Trinajstić information content (AvgIpc) is 2.69. The number of hydrogen-bond acceptors (Lipinski definition) is 7. The Morgan fingerprint density at radius 3 is 2.42 bits per heavy atom. The number of aromatic nitrogens is 2. The Morgan fingerprint density at radius 1 is 1.08 bits per heavy atom. The lowest BCUT2D eigenvalue weighted by Gasteiger charge is -2.04. The molecular weight excluding hydrogens is 334 g/mol. The van der Waals surface area contributed by atoms with Gasteiger partial charge in [-0.3, -0.25) is 10.1 Å². The molecule has 8 nitrogen and oxygen atoms in total. The zero-order chi connectivity index (χ0) is 18.4. The summed E-state index contributed by atoms with van der Waals surface area (Å²) in [6.45, 7) is 0. The van der Waals surface area contributed by atoms with E-state index < -0.39 is 4.92 Å². The van der Waals surface area contributed by atoms with Crippen LogP contribution in [0.3, 0.4) is 0 Å². The Labute approximate surface area is 149 Å². The second-order valence-electron chi connectivity index (χ2n) is 5.21. The van der Waals surface area contributed by atoms with E-state index in [1.165, 1.54) is 12.1 Å². The number of hydrogen-bond donors (Lipinski definition) is 1. The van der Waals surface area contributed by atoms with Crippen LogP contribution < -0.4 is 10.2 Å². The number of nitrogens with zero attached hydrogens (tertiary/aromatic N) is 4. The van der Waals surface area contributed by atoms with Crippen LogP contribution >= 0.6 is 0 Å². The van der Waals surface area contributed by atoms with Gasteiger partial charge >= 0.3 is 0 Å². The van der Waals surface area contributed by atoms with E-state index in [1.54, 1.807) is 37.9 Å². The van der Waals surface area contributed by atoms with Crippen LogP contribution in [0.4, 0.5) is 11.6 Å². The van der Waals surface area contributed by atoms with Crippen LogP contribution in [0.25, 0.3) is 11.1 Å². The number of nitro benzene ring substituents is 1. The van der Waals surface area contributed by atoms with Gasteiger partial charge in [-0.05, 0) is 29.8 Å². The van der Waals surface area contributed by atoms with Crippen LogP contribution in [0.1, 0.15) is 5.56 Å². The topological polar surface area (TPSA) is 103 Å². The van der Waals surface area contributed by atoms with Crippen LogP contribution in [-0.2, 0) is 0 Å². The molecule has 0 radical (unpaired) electrons. The Bertz CT molecular complexity index is 924. The van der Waals surface area contributed by atoms with Crippen molar-refractivity contribution in [3.05, 3.63) is 76.6 Å². The minimum Gasteiger partial charge on any atom is -0.496 e. The van der Waals surface area contributed by atoms with Gasteiger partial charge in [0.25, 0.3) is 5.69 Å². The maximum Gasteiger partial charge on any atom is 0.269 e. The Morgan fingerprint density at radius 2 is 1.77 bits per heavy atom. The monoisotopic (exact) mass is 349 g/mol. The van der Waals surface area contributed by atoms with Gasteiger partial charge in [0.15, 0.2) is 0 Å². The van der Waals surface area contributed by atoms with E-state index in [-0.39, 0.29) is 5.69 Å². The van der Waals surface area contributed by atoms with Crippen molar-refractivity contribution in [3.8, 4) is 16.9 Å². The smallest absolute Gasteiger partial charge is 0.269 e. The number of hydrazone groups is 1. The average molecular weight is 349 g/mol. The molecule has 0 unspecified atom stereocenters. The third-order valence-corrected chi connectivity index (χ3v) is 3.57. The Kier molecular flexibility index (Phi) is 5.14. The number of methoxy groups -OCH3 is 1. The van der Waals surface area contributed by atoms with Crippen LogP contribution in [0.2, 0.25) is 0 Å². The molecule has 3 rings (SSSR count). The van der Waals surface area contributed by atoms with E-state index in [0.717, 1.165) is 16.7 Å². The molecule has 0 saturated heterocycles. The van der Waals surface area contributed by atoms with Gasteiger partial charge in [0, 0.05) is 35.7 Å². The van der Waals surface area contributed by atoms with Crippen LogP contribution in [0.5, 0.6) is 5.75 Å². The highest BCUT2D eigenvalue weighted by Gasteiger charge is 2.06. The van der Waals surface area contributed by atoms with E-state index in [2.05, 4.69) is 20.5 Å². The first-order chi connectivity index (χ1) is 12.7. The molecule has 0 saturated carbocycles. The van der Waals surface area contributed by atoms with Crippen LogP contribution in [-0.4, -0.2) is 28.2 Å². The van der Waals surface area contributed by atoms with Gasteiger partial charge in [-0.2, -0.15) is 5.10 Å².